The first-order valence-corrected chi connectivity index (χ1v) is 11.2. The second-order valence-electron chi connectivity index (χ2n) is 7.23. The molecule has 0 aliphatic carbocycles. The second-order valence-corrected chi connectivity index (χ2v) is 9.27. The lowest BCUT2D eigenvalue weighted by Gasteiger charge is -2.19. The van der Waals surface area contributed by atoms with Crippen molar-refractivity contribution in [3.05, 3.63) is 77.6 Å². The van der Waals surface area contributed by atoms with Gasteiger partial charge in [0.15, 0.2) is 18.2 Å². The summed E-state index contributed by atoms with van der Waals surface area (Å²) in [6.07, 6.45) is 0. The van der Waals surface area contributed by atoms with Gasteiger partial charge in [0.1, 0.15) is 17.3 Å². The Labute approximate surface area is 194 Å². The lowest BCUT2D eigenvalue weighted by molar-refractivity contribution is -0.139. The third-order valence-corrected chi connectivity index (χ3v) is 6.62. The molecule has 0 bridgehead atoms. The third kappa shape index (κ3) is 5.67. The van der Waals surface area contributed by atoms with E-state index in [0.29, 0.717) is 22.8 Å². The van der Waals surface area contributed by atoms with Crippen molar-refractivity contribution in [3.8, 4) is 22.6 Å². The summed E-state index contributed by atoms with van der Waals surface area (Å²) in [6.45, 7) is -0.830. The summed E-state index contributed by atoms with van der Waals surface area (Å²) >= 11 is 0. The van der Waals surface area contributed by atoms with Crippen molar-refractivity contribution in [2.45, 2.75) is 11.4 Å². The maximum absolute atomic E-state index is 14.1. The van der Waals surface area contributed by atoms with Crippen molar-refractivity contribution in [2.24, 2.45) is 0 Å². The van der Waals surface area contributed by atoms with Crippen LogP contribution in [0.1, 0.15) is 5.56 Å². The highest BCUT2D eigenvalue weighted by Gasteiger charge is 2.23. The standard InChI is InChI=1S/C23H20F3NO6S/c1-27(34(30,31)18-4-5-20(25)21(26)11-18)12-14-3-6-22(33-13-23(28)29)19(7-14)15-8-16(24)10-17(9-15)32-2/h3-11H,12-13H2,1-2H3,(H,28,29). The van der Waals surface area contributed by atoms with Gasteiger partial charge in [-0.15, -0.1) is 0 Å². The van der Waals surface area contributed by atoms with Gasteiger partial charge in [-0.3, -0.25) is 0 Å². The molecule has 0 saturated carbocycles. The molecule has 0 fully saturated rings. The van der Waals surface area contributed by atoms with Gasteiger partial charge in [-0.2, -0.15) is 4.31 Å². The molecule has 0 amide bonds. The molecule has 3 aromatic carbocycles. The van der Waals surface area contributed by atoms with Crippen LogP contribution in [0.15, 0.2) is 59.5 Å². The average Bonchev–Trinajstić information content (AvgIpc) is 2.79. The van der Waals surface area contributed by atoms with Crippen LogP contribution in [0.5, 0.6) is 11.5 Å². The first-order valence-electron chi connectivity index (χ1n) is 9.75. The van der Waals surface area contributed by atoms with Crippen molar-refractivity contribution in [2.75, 3.05) is 20.8 Å². The zero-order valence-electron chi connectivity index (χ0n) is 18.1. The average molecular weight is 495 g/mol. The number of halogens is 3. The van der Waals surface area contributed by atoms with Crippen molar-refractivity contribution < 1.29 is 41.0 Å². The molecule has 34 heavy (non-hydrogen) atoms. The van der Waals surface area contributed by atoms with Crippen LogP contribution >= 0.6 is 0 Å². The number of hydrogen-bond donors (Lipinski definition) is 1. The van der Waals surface area contributed by atoms with Gasteiger partial charge in [-0.1, -0.05) is 6.07 Å². The van der Waals surface area contributed by atoms with Gasteiger partial charge < -0.3 is 14.6 Å². The topological polar surface area (TPSA) is 93.1 Å². The monoisotopic (exact) mass is 495 g/mol. The van der Waals surface area contributed by atoms with E-state index in [1.807, 2.05) is 0 Å². The number of benzene rings is 3. The minimum Gasteiger partial charge on any atom is -0.497 e. The van der Waals surface area contributed by atoms with Gasteiger partial charge in [0.2, 0.25) is 10.0 Å². The molecule has 0 aliphatic rings. The van der Waals surface area contributed by atoms with Crippen LogP contribution in [0.2, 0.25) is 0 Å². The van der Waals surface area contributed by atoms with Crippen molar-refractivity contribution >= 4 is 16.0 Å². The molecule has 3 aromatic rings. The first kappa shape index (κ1) is 25.1. The molecule has 0 unspecified atom stereocenters. The fourth-order valence-corrected chi connectivity index (χ4v) is 4.33. The van der Waals surface area contributed by atoms with Crippen molar-refractivity contribution in [1.29, 1.82) is 0 Å². The lowest BCUT2D eigenvalue weighted by atomic mass is 10.0. The summed E-state index contributed by atoms with van der Waals surface area (Å²) in [5.41, 5.74) is 1.05. The van der Waals surface area contributed by atoms with Crippen LogP contribution < -0.4 is 9.47 Å². The Bertz CT molecular complexity index is 1330. The van der Waals surface area contributed by atoms with Gasteiger partial charge in [0.25, 0.3) is 0 Å². The summed E-state index contributed by atoms with van der Waals surface area (Å²) in [4.78, 5) is 10.5. The summed E-state index contributed by atoms with van der Waals surface area (Å²) < 4.78 is 77.8. The van der Waals surface area contributed by atoms with Crippen LogP contribution in [0.3, 0.4) is 0 Å². The van der Waals surface area contributed by atoms with Crippen LogP contribution in [-0.2, 0) is 21.4 Å². The zero-order chi connectivity index (χ0) is 25.0. The van der Waals surface area contributed by atoms with Crippen molar-refractivity contribution in [3.63, 3.8) is 0 Å². The Morgan fingerprint density at radius 3 is 2.38 bits per heavy atom. The second kappa shape index (κ2) is 10.1. The summed E-state index contributed by atoms with van der Waals surface area (Å²) in [7, 11) is -1.55. The van der Waals surface area contributed by atoms with E-state index in [4.69, 9.17) is 14.6 Å². The molecule has 11 heteroatoms. The van der Waals surface area contributed by atoms with Crippen LogP contribution in [0.25, 0.3) is 11.1 Å². The molecule has 3 rings (SSSR count). The molecular formula is C23H20F3NO6S. The van der Waals surface area contributed by atoms with Gasteiger partial charge >= 0.3 is 5.97 Å². The van der Waals surface area contributed by atoms with Gasteiger partial charge in [0, 0.05) is 25.2 Å². The highest BCUT2D eigenvalue weighted by Crippen LogP contribution is 2.34. The maximum Gasteiger partial charge on any atom is 0.341 e. The highest BCUT2D eigenvalue weighted by atomic mass is 32.2. The number of carboxylic acids is 1. The quantitative estimate of drug-likeness (QED) is 0.481. The molecule has 180 valence electrons. The number of carboxylic acid groups (broad SMARTS) is 1. The molecule has 0 aromatic heterocycles. The predicted molar refractivity (Wildman–Crippen MR) is 117 cm³/mol. The minimum atomic E-state index is -4.17. The van der Waals surface area contributed by atoms with E-state index < -0.39 is 44.9 Å². The smallest absolute Gasteiger partial charge is 0.341 e. The van der Waals surface area contributed by atoms with Gasteiger partial charge in [-0.05, 0) is 53.6 Å². The van der Waals surface area contributed by atoms with E-state index in [1.165, 1.54) is 44.5 Å². The number of carbonyl (C=O) groups is 1. The fourth-order valence-electron chi connectivity index (χ4n) is 3.16. The predicted octanol–water partition coefficient (Wildman–Crippen LogP) is 4.06. The minimum absolute atomic E-state index is 0.130. The van der Waals surface area contributed by atoms with Gasteiger partial charge in [-0.25, -0.2) is 26.4 Å². The molecule has 0 atom stereocenters. The SMILES string of the molecule is COc1cc(F)cc(-c2cc(CN(C)S(=O)(=O)c3ccc(F)c(F)c3)ccc2OCC(=O)O)c1. The third-order valence-electron chi connectivity index (χ3n) is 4.82. The van der Waals surface area contributed by atoms with E-state index in [2.05, 4.69) is 0 Å². The van der Waals surface area contributed by atoms with Crippen LogP contribution in [0.4, 0.5) is 13.2 Å². The number of ether oxygens (including phenoxy) is 2. The molecule has 1 N–H and O–H groups in total. The first-order chi connectivity index (χ1) is 16.0. The number of hydrogen-bond acceptors (Lipinski definition) is 5. The molecular weight excluding hydrogens is 475 g/mol. The number of sulfonamides is 1. The summed E-state index contributed by atoms with van der Waals surface area (Å²) in [5.74, 6) is -3.95. The fraction of sp³-hybridized carbons (Fsp3) is 0.174. The largest absolute Gasteiger partial charge is 0.497 e. The van der Waals surface area contributed by atoms with Gasteiger partial charge in [0.05, 0.1) is 12.0 Å². The molecule has 0 spiro atoms. The molecule has 0 aliphatic heterocycles. The lowest BCUT2D eigenvalue weighted by Crippen LogP contribution is -2.26. The van der Waals surface area contributed by atoms with Crippen molar-refractivity contribution in [1.82, 2.24) is 4.31 Å². The van der Waals surface area contributed by atoms with E-state index in [1.54, 1.807) is 0 Å². The van der Waals surface area contributed by atoms with Crippen LogP contribution in [-0.4, -0.2) is 44.6 Å². The number of rotatable bonds is 9. The Balaban J connectivity index is 1.99. The summed E-state index contributed by atoms with van der Waals surface area (Å²) in [5, 5.41) is 8.94. The van der Waals surface area contributed by atoms with E-state index in [9.17, 15) is 26.4 Å². The molecule has 0 saturated heterocycles. The Hall–Kier alpha value is -3.57. The number of nitrogens with zero attached hydrogens (tertiary/aromatic N) is 1. The molecule has 0 heterocycles. The molecule has 0 radical (unpaired) electrons. The normalized spacial score (nSPS) is 11.5. The van der Waals surface area contributed by atoms with E-state index >= 15 is 0 Å². The molecule has 7 nitrogen and oxygen atoms in total. The van der Waals surface area contributed by atoms with Crippen LogP contribution in [0, 0.1) is 17.5 Å². The maximum atomic E-state index is 14.1. The Kier molecular flexibility index (Phi) is 7.48. The zero-order valence-corrected chi connectivity index (χ0v) is 18.9. The summed E-state index contributed by atoms with van der Waals surface area (Å²) in [6, 6.07) is 10.6. The van der Waals surface area contributed by atoms with E-state index in [-0.39, 0.29) is 18.0 Å². The Morgan fingerprint density at radius 2 is 1.74 bits per heavy atom. The Morgan fingerprint density at radius 1 is 1.00 bits per heavy atom. The number of aliphatic carboxylic acids is 1. The van der Waals surface area contributed by atoms with E-state index in [0.717, 1.165) is 22.5 Å². The highest BCUT2D eigenvalue weighted by molar-refractivity contribution is 7.89. The number of methoxy groups -OCH3 is 1.